The van der Waals surface area contributed by atoms with E-state index >= 15 is 0 Å². The zero-order valence-corrected chi connectivity index (χ0v) is 20.7. The third kappa shape index (κ3) is 6.34. The average molecular weight is 490 g/mol. The molecule has 11 heteroatoms. The molecule has 4 N–H and O–H groups in total. The van der Waals surface area contributed by atoms with E-state index in [0.717, 1.165) is 37.8 Å². The molecule has 0 spiro atoms. The number of pyridine rings is 1. The SMILES string of the molecule is CC(C)NC(=O)CC[C@H]1CNC(=O)[C@H]2C[C@H](NC(=S)Nc3ccc(N4CCOCC4)nc3)CN12. The topological polar surface area (TPSA) is 111 Å². The Balaban J connectivity index is 1.27. The first-order valence-electron chi connectivity index (χ1n) is 12.1. The minimum Gasteiger partial charge on any atom is -0.378 e. The van der Waals surface area contributed by atoms with Crippen LogP contribution in [0.3, 0.4) is 0 Å². The molecule has 0 aliphatic carbocycles. The second-order valence-electron chi connectivity index (χ2n) is 9.41. The van der Waals surface area contributed by atoms with Gasteiger partial charge >= 0.3 is 0 Å². The van der Waals surface area contributed by atoms with Gasteiger partial charge in [0.1, 0.15) is 5.82 Å². The third-order valence-corrected chi connectivity index (χ3v) is 6.67. The number of hydrogen-bond donors (Lipinski definition) is 4. The fourth-order valence-electron chi connectivity index (χ4n) is 4.83. The van der Waals surface area contributed by atoms with E-state index < -0.39 is 0 Å². The van der Waals surface area contributed by atoms with Crippen molar-refractivity contribution in [3.63, 3.8) is 0 Å². The molecule has 3 aliphatic rings. The number of aromatic nitrogens is 1. The van der Waals surface area contributed by atoms with Gasteiger partial charge in [-0.3, -0.25) is 14.5 Å². The van der Waals surface area contributed by atoms with E-state index in [1.54, 1.807) is 6.20 Å². The van der Waals surface area contributed by atoms with Crippen LogP contribution in [0.4, 0.5) is 11.5 Å². The van der Waals surface area contributed by atoms with Gasteiger partial charge in [-0.15, -0.1) is 0 Å². The van der Waals surface area contributed by atoms with Gasteiger partial charge in [-0.1, -0.05) is 0 Å². The van der Waals surface area contributed by atoms with E-state index in [9.17, 15) is 9.59 Å². The number of amides is 2. The van der Waals surface area contributed by atoms with Crippen molar-refractivity contribution >= 4 is 40.6 Å². The Morgan fingerprint density at radius 3 is 2.82 bits per heavy atom. The Labute approximate surface area is 206 Å². The monoisotopic (exact) mass is 489 g/mol. The Morgan fingerprint density at radius 1 is 1.32 bits per heavy atom. The van der Waals surface area contributed by atoms with E-state index in [1.807, 2.05) is 26.0 Å². The molecule has 1 aromatic heterocycles. The Kier molecular flexibility index (Phi) is 8.17. The normalized spacial score (nSPS) is 25.0. The highest BCUT2D eigenvalue weighted by molar-refractivity contribution is 7.80. The van der Waals surface area contributed by atoms with Crippen molar-refractivity contribution < 1.29 is 14.3 Å². The van der Waals surface area contributed by atoms with E-state index in [4.69, 9.17) is 17.0 Å². The molecule has 0 unspecified atom stereocenters. The van der Waals surface area contributed by atoms with E-state index in [0.29, 0.717) is 37.5 Å². The summed E-state index contributed by atoms with van der Waals surface area (Å²) in [5.41, 5.74) is 0.817. The summed E-state index contributed by atoms with van der Waals surface area (Å²) in [6.45, 7) is 8.32. The number of fused-ring (bicyclic) bond motifs is 1. The number of nitrogens with zero attached hydrogens (tertiary/aromatic N) is 3. The number of carbonyl (C=O) groups is 2. The number of piperazine rings is 1. The predicted molar refractivity (Wildman–Crippen MR) is 135 cm³/mol. The lowest BCUT2D eigenvalue weighted by Gasteiger charge is -2.37. The minimum atomic E-state index is -0.193. The molecule has 186 valence electrons. The first kappa shape index (κ1) is 24.6. The number of morpholine rings is 1. The summed E-state index contributed by atoms with van der Waals surface area (Å²) >= 11 is 5.53. The van der Waals surface area contributed by atoms with Crippen molar-refractivity contribution in [2.24, 2.45) is 0 Å². The number of carbonyl (C=O) groups excluding carboxylic acids is 2. The fraction of sp³-hybridized carbons (Fsp3) is 0.652. The molecule has 3 saturated heterocycles. The molecule has 2 amide bonds. The van der Waals surface area contributed by atoms with Gasteiger partial charge < -0.3 is 30.9 Å². The van der Waals surface area contributed by atoms with Gasteiger partial charge in [0.15, 0.2) is 5.11 Å². The molecule has 4 heterocycles. The van der Waals surface area contributed by atoms with Crippen LogP contribution in [0.25, 0.3) is 0 Å². The van der Waals surface area contributed by atoms with Gasteiger partial charge in [0.2, 0.25) is 11.8 Å². The second-order valence-corrected chi connectivity index (χ2v) is 9.82. The largest absolute Gasteiger partial charge is 0.378 e. The summed E-state index contributed by atoms with van der Waals surface area (Å²) in [6.07, 6.45) is 3.62. The zero-order valence-electron chi connectivity index (χ0n) is 19.9. The maximum absolute atomic E-state index is 12.5. The highest BCUT2D eigenvalue weighted by atomic mass is 32.1. The van der Waals surface area contributed by atoms with Crippen LogP contribution in [0.1, 0.15) is 33.1 Å². The highest BCUT2D eigenvalue weighted by Crippen LogP contribution is 2.26. The molecule has 3 aliphatic heterocycles. The molecule has 4 rings (SSSR count). The lowest BCUT2D eigenvalue weighted by molar-refractivity contribution is -0.129. The highest BCUT2D eigenvalue weighted by Gasteiger charge is 2.43. The van der Waals surface area contributed by atoms with E-state index in [1.165, 1.54) is 0 Å². The van der Waals surface area contributed by atoms with Crippen molar-refractivity contribution in [3.8, 4) is 0 Å². The Hall–Kier alpha value is -2.50. The van der Waals surface area contributed by atoms with Crippen LogP contribution in [0.2, 0.25) is 0 Å². The van der Waals surface area contributed by atoms with Crippen molar-refractivity contribution in [3.05, 3.63) is 18.3 Å². The summed E-state index contributed by atoms with van der Waals surface area (Å²) in [6, 6.07) is 4.09. The van der Waals surface area contributed by atoms with Gasteiger partial charge in [0, 0.05) is 50.7 Å². The molecule has 0 radical (unpaired) electrons. The summed E-state index contributed by atoms with van der Waals surface area (Å²) in [7, 11) is 0. The van der Waals surface area contributed by atoms with Crippen LogP contribution in [-0.4, -0.2) is 90.4 Å². The molecule has 3 fully saturated rings. The molecule has 0 bridgehead atoms. The lowest BCUT2D eigenvalue weighted by Crippen LogP contribution is -2.58. The molecule has 34 heavy (non-hydrogen) atoms. The predicted octanol–water partition coefficient (Wildman–Crippen LogP) is 0.451. The third-order valence-electron chi connectivity index (χ3n) is 6.45. The fourth-order valence-corrected chi connectivity index (χ4v) is 5.12. The van der Waals surface area contributed by atoms with Crippen molar-refractivity contribution in [2.75, 3.05) is 49.6 Å². The molecule has 0 saturated carbocycles. The van der Waals surface area contributed by atoms with Gasteiger partial charge in [0.25, 0.3) is 0 Å². The molecule has 0 aromatic carbocycles. The van der Waals surface area contributed by atoms with Crippen molar-refractivity contribution in [2.45, 2.75) is 57.3 Å². The van der Waals surface area contributed by atoms with Gasteiger partial charge in [-0.2, -0.15) is 0 Å². The van der Waals surface area contributed by atoms with Crippen molar-refractivity contribution in [1.82, 2.24) is 25.8 Å². The number of nitrogens with one attached hydrogen (secondary N) is 4. The van der Waals surface area contributed by atoms with Crippen LogP contribution in [0.5, 0.6) is 0 Å². The standard InChI is InChI=1S/C23H35N7O3S/c1-15(2)26-21(31)6-4-18-13-25-22(32)19-11-17(14-30(18)19)28-23(34)27-16-3-5-20(24-12-16)29-7-9-33-10-8-29/h3,5,12,15,17-19H,4,6-11,13-14H2,1-2H3,(H,25,32)(H,26,31)(H2,27,28,34)/t17-,18-,19+/m0/s1. The van der Waals surface area contributed by atoms with Gasteiger partial charge in [-0.25, -0.2) is 4.98 Å². The number of hydrogen-bond acceptors (Lipinski definition) is 7. The molecular weight excluding hydrogens is 454 g/mol. The molecule has 3 atom stereocenters. The van der Waals surface area contributed by atoms with E-state index in [2.05, 4.69) is 36.1 Å². The summed E-state index contributed by atoms with van der Waals surface area (Å²) in [5.74, 6) is 1.03. The number of rotatable bonds is 7. The zero-order chi connectivity index (χ0) is 24.1. The first-order valence-corrected chi connectivity index (χ1v) is 12.5. The quantitative estimate of drug-likeness (QED) is 0.406. The maximum atomic E-state index is 12.5. The van der Waals surface area contributed by atoms with Crippen LogP contribution in [-0.2, 0) is 14.3 Å². The van der Waals surface area contributed by atoms with Gasteiger partial charge in [-0.05, 0) is 51.0 Å². The summed E-state index contributed by atoms with van der Waals surface area (Å²) in [5, 5.41) is 13.0. The summed E-state index contributed by atoms with van der Waals surface area (Å²) < 4.78 is 5.39. The van der Waals surface area contributed by atoms with Gasteiger partial charge in [0.05, 0.1) is 31.1 Å². The maximum Gasteiger partial charge on any atom is 0.237 e. The second kappa shape index (κ2) is 11.3. The van der Waals surface area contributed by atoms with Crippen LogP contribution in [0.15, 0.2) is 18.3 Å². The molecule has 1 aromatic rings. The lowest BCUT2D eigenvalue weighted by atomic mass is 10.0. The summed E-state index contributed by atoms with van der Waals surface area (Å²) in [4.78, 5) is 33.5. The van der Waals surface area contributed by atoms with Crippen molar-refractivity contribution in [1.29, 1.82) is 0 Å². The number of thiocarbonyl (C=S) groups is 1. The Bertz CT molecular complexity index is 876. The van der Waals surface area contributed by atoms with Crippen LogP contribution >= 0.6 is 12.2 Å². The van der Waals surface area contributed by atoms with E-state index in [-0.39, 0.29) is 36.0 Å². The first-order chi connectivity index (χ1) is 16.4. The Morgan fingerprint density at radius 2 is 2.12 bits per heavy atom. The van der Waals surface area contributed by atoms with Crippen LogP contribution < -0.4 is 26.2 Å². The minimum absolute atomic E-state index is 0.0500. The average Bonchev–Trinajstić information content (AvgIpc) is 3.24. The number of ether oxygens (including phenoxy) is 1. The molecular formula is C23H35N7O3S. The number of anilines is 2. The smallest absolute Gasteiger partial charge is 0.237 e. The molecule has 10 nitrogen and oxygen atoms in total. The van der Waals surface area contributed by atoms with Crippen LogP contribution in [0, 0.1) is 0 Å².